The molecule has 0 amide bonds. The van der Waals surface area contributed by atoms with E-state index in [2.05, 4.69) is 6.07 Å². The summed E-state index contributed by atoms with van der Waals surface area (Å²) in [6.45, 7) is 2.06. The molecule has 3 heterocycles. The maximum Gasteiger partial charge on any atom is 0.259 e. The molecule has 1 unspecified atom stereocenters. The minimum Gasteiger partial charge on any atom is -0.493 e. The topological polar surface area (TPSA) is 113 Å². The molecule has 0 saturated heterocycles. The molecular formula is C23H21N3O5. The first kappa shape index (κ1) is 20.2. The fraction of sp³-hybridized carbons (Fsp3) is 0.217. The Balaban J connectivity index is 1.94. The van der Waals surface area contributed by atoms with Crippen LogP contribution in [0.15, 0.2) is 63.3 Å². The first-order valence-electron chi connectivity index (χ1n) is 9.54. The average molecular weight is 419 g/mol. The van der Waals surface area contributed by atoms with Gasteiger partial charge in [0.15, 0.2) is 11.5 Å². The Morgan fingerprint density at radius 1 is 1.19 bits per heavy atom. The van der Waals surface area contributed by atoms with Gasteiger partial charge in [-0.2, -0.15) is 5.26 Å². The molecule has 0 aliphatic carbocycles. The fourth-order valence-electron chi connectivity index (χ4n) is 3.81. The molecule has 1 atom stereocenters. The molecule has 0 fully saturated rings. The highest BCUT2D eigenvalue weighted by Gasteiger charge is 2.35. The number of benzene rings is 1. The Hall–Kier alpha value is -4.12. The van der Waals surface area contributed by atoms with E-state index >= 15 is 0 Å². The van der Waals surface area contributed by atoms with Crippen molar-refractivity contribution in [1.29, 1.82) is 5.26 Å². The number of furan rings is 1. The second-order valence-electron chi connectivity index (χ2n) is 7.07. The second-order valence-corrected chi connectivity index (χ2v) is 7.07. The number of pyridine rings is 1. The van der Waals surface area contributed by atoms with Gasteiger partial charge in [-0.1, -0.05) is 6.07 Å². The number of methoxy groups -OCH3 is 2. The largest absolute Gasteiger partial charge is 0.493 e. The Labute approximate surface area is 178 Å². The molecule has 0 spiro atoms. The van der Waals surface area contributed by atoms with E-state index in [4.69, 9.17) is 24.4 Å². The number of aromatic nitrogens is 1. The van der Waals surface area contributed by atoms with Crippen LogP contribution in [0, 0.1) is 18.3 Å². The Morgan fingerprint density at radius 2 is 1.97 bits per heavy atom. The third kappa shape index (κ3) is 3.40. The molecule has 0 radical (unpaired) electrons. The molecule has 1 aliphatic rings. The molecule has 4 rings (SSSR count). The van der Waals surface area contributed by atoms with E-state index in [0.29, 0.717) is 39.8 Å². The van der Waals surface area contributed by atoms with Crippen LogP contribution in [0.3, 0.4) is 0 Å². The van der Waals surface area contributed by atoms with Gasteiger partial charge in [0.1, 0.15) is 23.2 Å². The van der Waals surface area contributed by atoms with E-state index in [1.807, 2.05) is 0 Å². The molecule has 2 aromatic heterocycles. The van der Waals surface area contributed by atoms with Crippen molar-refractivity contribution in [3.63, 3.8) is 0 Å². The zero-order chi connectivity index (χ0) is 22.1. The minimum absolute atomic E-state index is 0.0302. The quantitative estimate of drug-likeness (QED) is 0.676. The van der Waals surface area contributed by atoms with Crippen LogP contribution in [-0.2, 0) is 6.54 Å². The maximum atomic E-state index is 13.6. The third-order valence-corrected chi connectivity index (χ3v) is 5.32. The summed E-state index contributed by atoms with van der Waals surface area (Å²) < 4.78 is 23.4. The standard InChI is InChI=1S/C23H21N3O5/c1-13-9-19-21(23(27)26(13)12-15-5-4-8-30-15)20(16(11-24)22(25)31-19)14-6-7-17(28-2)18(10-14)29-3/h4-10,20H,12,25H2,1-3H3. The lowest BCUT2D eigenvalue weighted by molar-refractivity contribution is 0.354. The first-order chi connectivity index (χ1) is 15.0. The van der Waals surface area contributed by atoms with Gasteiger partial charge in [-0.05, 0) is 36.8 Å². The molecule has 31 heavy (non-hydrogen) atoms. The van der Waals surface area contributed by atoms with Gasteiger partial charge in [-0.25, -0.2) is 0 Å². The van der Waals surface area contributed by atoms with Gasteiger partial charge in [-0.3, -0.25) is 4.79 Å². The van der Waals surface area contributed by atoms with E-state index in [1.54, 1.807) is 54.2 Å². The van der Waals surface area contributed by atoms with Crippen molar-refractivity contribution in [1.82, 2.24) is 4.57 Å². The molecule has 8 nitrogen and oxygen atoms in total. The van der Waals surface area contributed by atoms with Crippen molar-refractivity contribution >= 4 is 0 Å². The lowest BCUT2D eigenvalue weighted by Gasteiger charge is -2.27. The van der Waals surface area contributed by atoms with Crippen molar-refractivity contribution in [3.8, 4) is 23.3 Å². The molecule has 1 aliphatic heterocycles. The summed E-state index contributed by atoms with van der Waals surface area (Å²) in [6.07, 6.45) is 1.56. The number of hydrogen-bond donors (Lipinski definition) is 1. The van der Waals surface area contributed by atoms with E-state index in [1.165, 1.54) is 14.2 Å². The predicted octanol–water partition coefficient (Wildman–Crippen LogP) is 3.03. The van der Waals surface area contributed by atoms with Crippen LogP contribution in [0.25, 0.3) is 0 Å². The summed E-state index contributed by atoms with van der Waals surface area (Å²) in [5, 5.41) is 9.82. The van der Waals surface area contributed by atoms with Crippen LogP contribution < -0.4 is 25.5 Å². The molecular weight excluding hydrogens is 398 g/mol. The van der Waals surface area contributed by atoms with Crippen molar-refractivity contribution in [3.05, 3.63) is 87.1 Å². The smallest absolute Gasteiger partial charge is 0.259 e. The maximum absolute atomic E-state index is 13.6. The van der Waals surface area contributed by atoms with Crippen LogP contribution in [0.2, 0.25) is 0 Å². The summed E-state index contributed by atoms with van der Waals surface area (Å²) in [6, 6.07) is 12.7. The lowest BCUT2D eigenvalue weighted by atomic mass is 9.84. The van der Waals surface area contributed by atoms with Gasteiger partial charge in [0, 0.05) is 11.8 Å². The number of rotatable bonds is 5. The Kier molecular flexibility index (Phi) is 5.17. The van der Waals surface area contributed by atoms with Crippen molar-refractivity contribution in [2.24, 2.45) is 5.73 Å². The van der Waals surface area contributed by atoms with Gasteiger partial charge in [0.25, 0.3) is 5.56 Å². The van der Waals surface area contributed by atoms with Gasteiger partial charge in [0.2, 0.25) is 5.88 Å². The lowest BCUT2D eigenvalue weighted by Crippen LogP contribution is -2.33. The molecule has 3 aromatic rings. The second kappa shape index (κ2) is 7.95. The minimum atomic E-state index is -0.718. The summed E-state index contributed by atoms with van der Waals surface area (Å²) in [4.78, 5) is 13.6. The van der Waals surface area contributed by atoms with Crippen LogP contribution in [-0.4, -0.2) is 18.8 Å². The van der Waals surface area contributed by atoms with Crippen molar-refractivity contribution in [2.45, 2.75) is 19.4 Å². The molecule has 1 aromatic carbocycles. The zero-order valence-corrected chi connectivity index (χ0v) is 17.3. The van der Waals surface area contributed by atoms with E-state index in [9.17, 15) is 10.1 Å². The number of allylic oxidation sites excluding steroid dienone is 1. The van der Waals surface area contributed by atoms with E-state index in [-0.39, 0.29) is 23.6 Å². The number of nitrogens with zero attached hydrogens (tertiary/aromatic N) is 2. The van der Waals surface area contributed by atoms with Crippen LogP contribution in [0.1, 0.15) is 28.5 Å². The number of hydrogen-bond acceptors (Lipinski definition) is 7. The van der Waals surface area contributed by atoms with Crippen LogP contribution in [0.4, 0.5) is 0 Å². The van der Waals surface area contributed by atoms with Gasteiger partial charge >= 0.3 is 0 Å². The SMILES string of the molecule is COc1ccc(C2C(C#N)=C(N)Oc3cc(C)n(Cc4ccco4)c(=O)c32)cc1OC. The summed E-state index contributed by atoms with van der Waals surface area (Å²) >= 11 is 0. The number of nitrogens with two attached hydrogens (primary N) is 1. The van der Waals surface area contributed by atoms with Gasteiger partial charge < -0.3 is 28.9 Å². The molecule has 0 bridgehead atoms. The molecule has 158 valence electrons. The number of nitriles is 1. The van der Waals surface area contributed by atoms with Gasteiger partial charge in [0.05, 0.1) is 38.5 Å². The average Bonchev–Trinajstić information content (AvgIpc) is 3.28. The number of ether oxygens (including phenoxy) is 3. The summed E-state index contributed by atoms with van der Waals surface area (Å²) in [7, 11) is 3.06. The normalized spacial score (nSPS) is 15.1. The highest BCUT2D eigenvalue weighted by atomic mass is 16.5. The highest BCUT2D eigenvalue weighted by molar-refractivity contribution is 5.57. The van der Waals surface area contributed by atoms with E-state index < -0.39 is 5.92 Å². The summed E-state index contributed by atoms with van der Waals surface area (Å²) in [5.74, 6) is 1.23. The Morgan fingerprint density at radius 3 is 2.61 bits per heavy atom. The number of aryl methyl sites for hydroxylation is 1. The monoisotopic (exact) mass is 419 g/mol. The van der Waals surface area contributed by atoms with Gasteiger partial charge in [-0.15, -0.1) is 0 Å². The van der Waals surface area contributed by atoms with Crippen LogP contribution >= 0.6 is 0 Å². The third-order valence-electron chi connectivity index (χ3n) is 5.32. The number of fused-ring (bicyclic) bond motifs is 1. The first-order valence-corrected chi connectivity index (χ1v) is 9.54. The highest BCUT2D eigenvalue weighted by Crippen LogP contribution is 2.42. The molecule has 0 saturated carbocycles. The Bertz CT molecular complexity index is 1270. The summed E-state index contributed by atoms with van der Waals surface area (Å²) in [5.41, 5.74) is 7.60. The van der Waals surface area contributed by atoms with E-state index in [0.717, 1.165) is 0 Å². The molecule has 8 heteroatoms. The van der Waals surface area contributed by atoms with Crippen LogP contribution in [0.5, 0.6) is 17.2 Å². The molecule has 2 N–H and O–H groups in total. The predicted molar refractivity (Wildman–Crippen MR) is 112 cm³/mol. The zero-order valence-electron chi connectivity index (χ0n) is 17.3. The van der Waals surface area contributed by atoms with Crippen molar-refractivity contribution < 1.29 is 18.6 Å². The van der Waals surface area contributed by atoms with Crippen molar-refractivity contribution in [2.75, 3.05) is 14.2 Å². The fourth-order valence-corrected chi connectivity index (χ4v) is 3.81.